The van der Waals surface area contributed by atoms with Gasteiger partial charge in [0.1, 0.15) is 17.3 Å². The second-order valence-corrected chi connectivity index (χ2v) is 2.91. The molecule has 0 amide bonds. The minimum Gasteiger partial charge on any atom is -0.397 e. The molecule has 3 nitrogen and oxygen atoms in total. The number of benzene rings is 1. The van der Waals surface area contributed by atoms with Crippen molar-refractivity contribution < 1.29 is 4.39 Å². The van der Waals surface area contributed by atoms with Crippen LogP contribution >= 0.6 is 11.6 Å². The fourth-order valence-electron chi connectivity index (χ4n) is 1.13. The van der Waals surface area contributed by atoms with E-state index in [0.717, 1.165) is 0 Å². The molecule has 0 atom stereocenters. The van der Waals surface area contributed by atoms with Gasteiger partial charge in [-0.1, -0.05) is 11.6 Å². The summed E-state index contributed by atoms with van der Waals surface area (Å²) in [5.41, 5.74) is 6.27. The van der Waals surface area contributed by atoms with Crippen molar-refractivity contribution in [1.82, 2.24) is 9.97 Å². The lowest BCUT2D eigenvalue weighted by Gasteiger charge is -2.01. The van der Waals surface area contributed by atoms with E-state index < -0.39 is 5.82 Å². The van der Waals surface area contributed by atoms with E-state index in [1.54, 1.807) is 0 Å². The number of aromatic nitrogens is 2. The molecule has 0 fully saturated rings. The normalized spacial score (nSPS) is 10.6. The molecule has 0 bridgehead atoms. The summed E-state index contributed by atoms with van der Waals surface area (Å²) >= 11 is 5.73. The van der Waals surface area contributed by atoms with Crippen LogP contribution in [0, 0.1) is 5.82 Å². The third-order valence-electron chi connectivity index (χ3n) is 1.68. The van der Waals surface area contributed by atoms with Crippen LogP contribution in [0.2, 0.25) is 5.15 Å². The maximum Gasteiger partial charge on any atom is 0.140 e. The summed E-state index contributed by atoms with van der Waals surface area (Å²) in [4.78, 5) is 7.62. The SMILES string of the molecule is Nc1cc(F)cc2c(Cl)ncnc12. The monoisotopic (exact) mass is 197 g/mol. The van der Waals surface area contributed by atoms with Gasteiger partial charge in [-0.25, -0.2) is 14.4 Å². The van der Waals surface area contributed by atoms with Gasteiger partial charge in [-0.2, -0.15) is 0 Å². The van der Waals surface area contributed by atoms with Crippen LogP contribution in [0.3, 0.4) is 0 Å². The molecule has 1 heterocycles. The van der Waals surface area contributed by atoms with Gasteiger partial charge in [0, 0.05) is 5.39 Å². The largest absolute Gasteiger partial charge is 0.397 e. The van der Waals surface area contributed by atoms with E-state index in [1.165, 1.54) is 18.5 Å². The molecular formula is C8H5ClFN3. The highest BCUT2D eigenvalue weighted by Gasteiger charge is 2.06. The Morgan fingerprint density at radius 3 is 2.85 bits per heavy atom. The third kappa shape index (κ3) is 1.29. The molecular weight excluding hydrogens is 193 g/mol. The van der Waals surface area contributed by atoms with E-state index in [-0.39, 0.29) is 10.8 Å². The summed E-state index contributed by atoms with van der Waals surface area (Å²) in [5, 5.41) is 0.637. The molecule has 2 aromatic rings. The average molecular weight is 198 g/mol. The van der Waals surface area contributed by atoms with Gasteiger partial charge in [-0.05, 0) is 12.1 Å². The van der Waals surface area contributed by atoms with Gasteiger partial charge in [0.25, 0.3) is 0 Å². The number of nitrogen functional groups attached to an aromatic ring is 1. The molecule has 0 spiro atoms. The molecule has 5 heteroatoms. The Kier molecular flexibility index (Phi) is 1.77. The van der Waals surface area contributed by atoms with Crippen LogP contribution in [-0.4, -0.2) is 9.97 Å². The maximum absolute atomic E-state index is 12.9. The standard InChI is InChI=1S/C8H5ClFN3/c9-8-5-1-4(10)2-6(11)7(5)12-3-13-8/h1-3H,11H2. The van der Waals surface area contributed by atoms with E-state index in [9.17, 15) is 4.39 Å². The zero-order valence-electron chi connectivity index (χ0n) is 6.46. The molecule has 0 aliphatic heterocycles. The van der Waals surface area contributed by atoms with Gasteiger partial charge < -0.3 is 5.73 Å². The molecule has 0 aliphatic rings. The number of nitrogens with zero attached hydrogens (tertiary/aromatic N) is 2. The second kappa shape index (κ2) is 2.81. The van der Waals surface area contributed by atoms with Crippen LogP contribution in [0.25, 0.3) is 10.9 Å². The Balaban J connectivity index is 2.94. The van der Waals surface area contributed by atoms with Gasteiger partial charge in [0.15, 0.2) is 0 Å². The maximum atomic E-state index is 12.9. The Morgan fingerprint density at radius 2 is 2.08 bits per heavy atom. The fraction of sp³-hybridized carbons (Fsp3) is 0. The van der Waals surface area contributed by atoms with Crippen LogP contribution in [0.1, 0.15) is 0 Å². The molecule has 0 aliphatic carbocycles. The molecule has 2 rings (SSSR count). The summed E-state index contributed by atoms with van der Waals surface area (Å²) < 4.78 is 12.9. The minimum absolute atomic E-state index is 0.205. The van der Waals surface area contributed by atoms with Gasteiger partial charge >= 0.3 is 0 Å². The molecule has 2 N–H and O–H groups in total. The highest BCUT2D eigenvalue weighted by atomic mass is 35.5. The lowest BCUT2D eigenvalue weighted by Crippen LogP contribution is -1.92. The van der Waals surface area contributed by atoms with Crippen LogP contribution in [0.5, 0.6) is 0 Å². The van der Waals surface area contributed by atoms with Crippen molar-refractivity contribution in [3.05, 3.63) is 29.4 Å². The van der Waals surface area contributed by atoms with Crippen LogP contribution < -0.4 is 5.73 Å². The van der Waals surface area contributed by atoms with E-state index in [2.05, 4.69) is 9.97 Å². The first-order valence-corrected chi connectivity index (χ1v) is 3.91. The van der Waals surface area contributed by atoms with Crippen molar-refractivity contribution in [3.63, 3.8) is 0 Å². The summed E-state index contributed by atoms with van der Waals surface area (Å²) in [5.74, 6) is -0.443. The number of rotatable bonds is 0. The van der Waals surface area contributed by atoms with Crippen LogP contribution in [-0.2, 0) is 0 Å². The fourth-order valence-corrected chi connectivity index (χ4v) is 1.32. The predicted octanol–water partition coefficient (Wildman–Crippen LogP) is 2.00. The summed E-state index contributed by atoms with van der Waals surface area (Å²) in [6.07, 6.45) is 1.29. The molecule has 1 aromatic carbocycles. The zero-order chi connectivity index (χ0) is 9.42. The van der Waals surface area contributed by atoms with Crippen LogP contribution in [0.15, 0.2) is 18.5 Å². The lowest BCUT2D eigenvalue weighted by atomic mass is 10.2. The van der Waals surface area contributed by atoms with Gasteiger partial charge in [-0.3, -0.25) is 0 Å². The lowest BCUT2D eigenvalue weighted by molar-refractivity contribution is 0.630. The molecule has 13 heavy (non-hydrogen) atoms. The summed E-state index contributed by atoms with van der Waals surface area (Å²) in [7, 11) is 0. The first kappa shape index (κ1) is 8.19. The number of nitrogens with two attached hydrogens (primary N) is 1. The topological polar surface area (TPSA) is 51.8 Å². The van der Waals surface area contributed by atoms with Crippen molar-refractivity contribution >= 4 is 28.2 Å². The number of halogens is 2. The zero-order valence-corrected chi connectivity index (χ0v) is 7.22. The van der Waals surface area contributed by atoms with Gasteiger partial charge in [0.2, 0.25) is 0 Å². The predicted molar refractivity (Wildman–Crippen MR) is 48.9 cm³/mol. The number of anilines is 1. The quantitative estimate of drug-likeness (QED) is 0.519. The second-order valence-electron chi connectivity index (χ2n) is 2.56. The first-order valence-electron chi connectivity index (χ1n) is 3.53. The van der Waals surface area contributed by atoms with E-state index in [4.69, 9.17) is 17.3 Å². The van der Waals surface area contributed by atoms with Crippen molar-refractivity contribution in [2.75, 3.05) is 5.73 Å². The first-order chi connectivity index (χ1) is 6.18. The Hall–Kier alpha value is -1.42. The van der Waals surface area contributed by atoms with E-state index >= 15 is 0 Å². The summed E-state index contributed by atoms with van der Waals surface area (Å²) in [6, 6.07) is 2.46. The average Bonchev–Trinajstić information content (AvgIpc) is 2.07. The number of hydrogen-bond donors (Lipinski definition) is 1. The number of hydrogen-bond acceptors (Lipinski definition) is 3. The minimum atomic E-state index is -0.443. The van der Waals surface area contributed by atoms with Crippen LogP contribution in [0.4, 0.5) is 10.1 Å². The molecule has 1 aromatic heterocycles. The smallest absolute Gasteiger partial charge is 0.140 e. The molecule has 0 unspecified atom stereocenters. The Morgan fingerprint density at radius 1 is 1.31 bits per heavy atom. The van der Waals surface area contributed by atoms with Crippen molar-refractivity contribution in [1.29, 1.82) is 0 Å². The van der Waals surface area contributed by atoms with Crippen molar-refractivity contribution in [2.24, 2.45) is 0 Å². The Labute approximate surface area is 78.4 Å². The van der Waals surface area contributed by atoms with Gasteiger partial charge in [0.05, 0.1) is 11.2 Å². The Bertz CT molecular complexity index is 472. The summed E-state index contributed by atoms with van der Waals surface area (Å²) in [6.45, 7) is 0. The molecule has 0 radical (unpaired) electrons. The van der Waals surface area contributed by atoms with Gasteiger partial charge in [-0.15, -0.1) is 0 Å². The van der Waals surface area contributed by atoms with Crippen molar-refractivity contribution in [2.45, 2.75) is 0 Å². The highest BCUT2D eigenvalue weighted by Crippen LogP contribution is 2.24. The third-order valence-corrected chi connectivity index (χ3v) is 1.99. The number of fused-ring (bicyclic) bond motifs is 1. The molecule has 0 saturated carbocycles. The van der Waals surface area contributed by atoms with Crippen molar-refractivity contribution in [3.8, 4) is 0 Å². The highest BCUT2D eigenvalue weighted by molar-refractivity contribution is 6.34. The molecule has 66 valence electrons. The van der Waals surface area contributed by atoms with E-state index in [0.29, 0.717) is 10.9 Å². The molecule has 0 saturated heterocycles. The van der Waals surface area contributed by atoms with E-state index in [1.807, 2.05) is 0 Å².